The van der Waals surface area contributed by atoms with Crippen LogP contribution in [-0.2, 0) is 6.42 Å². The van der Waals surface area contributed by atoms with Gasteiger partial charge in [0.25, 0.3) is 0 Å². The zero-order valence-electron chi connectivity index (χ0n) is 10.9. The minimum Gasteiger partial charge on any atom is -0.497 e. The molecule has 1 aromatic rings. The van der Waals surface area contributed by atoms with Crippen molar-refractivity contribution in [2.45, 2.75) is 38.1 Å². The van der Waals surface area contributed by atoms with E-state index in [1.165, 1.54) is 25.7 Å². The molecular formula is C14H21N3O. The first-order valence-electron chi connectivity index (χ1n) is 6.48. The zero-order valence-corrected chi connectivity index (χ0v) is 10.9. The van der Waals surface area contributed by atoms with E-state index >= 15 is 0 Å². The number of benzene rings is 1. The van der Waals surface area contributed by atoms with Crippen LogP contribution >= 0.6 is 0 Å². The first-order valence-corrected chi connectivity index (χ1v) is 6.48. The topological polar surface area (TPSA) is 59.6 Å². The Balaban J connectivity index is 2.04. The molecule has 1 fully saturated rings. The Morgan fingerprint density at radius 3 is 2.89 bits per heavy atom. The fraction of sp³-hybridized carbons (Fsp3) is 0.500. The van der Waals surface area contributed by atoms with E-state index in [0.29, 0.717) is 6.04 Å². The number of methoxy groups -OCH3 is 1. The number of hydrogen-bond donors (Lipinski definition) is 2. The molecule has 98 valence electrons. The lowest BCUT2D eigenvalue weighted by molar-refractivity contribution is 0.414. The molecule has 3 N–H and O–H groups in total. The second-order valence-electron chi connectivity index (χ2n) is 4.69. The van der Waals surface area contributed by atoms with Gasteiger partial charge in [-0.1, -0.05) is 25.0 Å². The smallest absolute Gasteiger partial charge is 0.119 e. The number of hydrogen-bond acceptors (Lipinski definition) is 3. The third-order valence-corrected chi connectivity index (χ3v) is 3.34. The lowest BCUT2D eigenvalue weighted by atomic mass is 10.1. The number of nitrogens with two attached hydrogens (primary N) is 1. The second kappa shape index (κ2) is 6.40. The average molecular weight is 247 g/mol. The zero-order chi connectivity index (χ0) is 12.8. The molecule has 0 aromatic heterocycles. The maximum atomic E-state index is 5.56. The maximum absolute atomic E-state index is 5.56. The van der Waals surface area contributed by atoms with Crippen molar-refractivity contribution in [3.8, 4) is 5.75 Å². The van der Waals surface area contributed by atoms with E-state index in [0.717, 1.165) is 23.6 Å². The Morgan fingerprint density at radius 2 is 2.22 bits per heavy atom. The molecule has 4 heteroatoms. The van der Waals surface area contributed by atoms with E-state index in [4.69, 9.17) is 10.6 Å². The highest BCUT2D eigenvalue weighted by atomic mass is 16.5. The molecule has 0 amide bonds. The van der Waals surface area contributed by atoms with Crippen LogP contribution in [0.1, 0.15) is 31.2 Å². The molecule has 0 heterocycles. The molecule has 0 unspecified atom stereocenters. The molecule has 18 heavy (non-hydrogen) atoms. The highest BCUT2D eigenvalue weighted by Crippen LogP contribution is 2.21. The van der Waals surface area contributed by atoms with Gasteiger partial charge in [0.05, 0.1) is 13.2 Å². The number of aliphatic imine (C=N–C) groups is 1. The van der Waals surface area contributed by atoms with Crippen LogP contribution in [0.4, 0.5) is 0 Å². The molecule has 4 nitrogen and oxygen atoms in total. The van der Waals surface area contributed by atoms with Crippen molar-refractivity contribution in [3.05, 3.63) is 29.8 Å². The van der Waals surface area contributed by atoms with Gasteiger partial charge in [0.15, 0.2) is 0 Å². The Hall–Kier alpha value is -1.55. The van der Waals surface area contributed by atoms with Gasteiger partial charge in [-0.05, 0) is 30.5 Å². The number of nitrogens with one attached hydrogen (secondary N) is 1. The molecule has 2 rings (SSSR count). The van der Waals surface area contributed by atoms with Crippen molar-refractivity contribution in [1.82, 2.24) is 5.43 Å². The van der Waals surface area contributed by atoms with Crippen LogP contribution in [0.25, 0.3) is 0 Å². The van der Waals surface area contributed by atoms with Crippen LogP contribution < -0.4 is 16.0 Å². The van der Waals surface area contributed by atoms with Gasteiger partial charge in [-0.2, -0.15) is 0 Å². The van der Waals surface area contributed by atoms with Gasteiger partial charge in [0.1, 0.15) is 11.6 Å². The number of amidine groups is 1. The first kappa shape index (κ1) is 12.9. The molecule has 1 aromatic carbocycles. The van der Waals surface area contributed by atoms with Crippen molar-refractivity contribution < 1.29 is 4.74 Å². The molecule has 0 bridgehead atoms. The minimum atomic E-state index is 0.446. The highest BCUT2D eigenvalue weighted by Gasteiger charge is 2.14. The summed E-state index contributed by atoms with van der Waals surface area (Å²) < 4.78 is 5.21. The van der Waals surface area contributed by atoms with E-state index in [1.807, 2.05) is 18.2 Å². The molecule has 1 aliphatic rings. The number of hydrazine groups is 1. The Morgan fingerprint density at radius 1 is 1.44 bits per heavy atom. The van der Waals surface area contributed by atoms with Crippen LogP contribution in [0.3, 0.4) is 0 Å². The van der Waals surface area contributed by atoms with E-state index in [1.54, 1.807) is 7.11 Å². The van der Waals surface area contributed by atoms with Gasteiger partial charge < -0.3 is 10.2 Å². The van der Waals surface area contributed by atoms with Gasteiger partial charge in [-0.25, -0.2) is 5.84 Å². The SMILES string of the molecule is COc1cccc(CC(=NC2CCCC2)NN)c1. The predicted octanol–water partition coefficient (Wildman–Crippen LogP) is 2.04. The quantitative estimate of drug-likeness (QED) is 0.370. The van der Waals surface area contributed by atoms with Gasteiger partial charge >= 0.3 is 0 Å². The molecule has 1 saturated carbocycles. The molecule has 0 radical (unpaired) electrons. The van der Waals surface area contributed by atoms with Gasteiger partial charge in [0, 0.05) is 6.42 Å². The standard InChI is InChI=1S/C14H21N3O/c1-18-13-8-4-5-11(9-13)10-14(17-15)16-12-6-2-3-7-12/h4-5,8-9,12H,2-3,6-7,10,15H2,1H3,(H,16,17). The molecule has 0 spiro atoms. The van der Waals surface area contributed by atoms with Crippen LogP contribution in [0.2, 0.25) is 0 Å². The summed E-state index contributed by atoms with van der Waals surface area (Å²) in [5.41, 5.74) is 3.88. The second-order valence-corrected chi connectivity index (χ2v) is 4.69. The summed E-state index contributed by atoms with van der Waals surface area (Å²) in [5, 5.41) is 0. The van der Waals surface area contributed by atoms with Crippen LogP contribution in [-0.4, -0.2) is 19.0 Å². The Kier molecular flexibility index (Phi) is 4.59. The Bertz CT molecular complexity index is 411. The van der Waals surface area contributed by atoms with Gasteiger partial charge in [-0.15, -0.1) is 0 Å². The number of nitrogens with zero attached hydrogens (tertiary/aromatic N) is 1. The third kappa shape index (κ3) is 3.47. The largest absolute Gasteiger partial charge is 0.497 e. The van der Waals surface area contributed by atoms with Crippen molar-refractivity contribution in [1.29, 1.82) is 0 Å². The van der Waals surface area contributed by atoms with Crippen molar-refractivity contribution in [2.75, 3.05) is 7.11 Å². The lowest BCUT2D eigenvalue weighted by Crippen LogP contribution is -2.33. The van der Waals surface area contributed by atoms with Crippen molar-refractivity contribution in [3.63, 3.8) is 0 Å². The van der Waals surface area contributed by atoms with Gasteiger partial charge in [-0.3, -0.25) is 4.99 Å². The molecule has 0 atom stereocenters. The fourth-order valence-electron chi connectivity index (χ4n) is 2.36. The molecule has 0 saturated heterocycles. The third-order valence-electron chi connectivity index (χ3n) is 3.34. The normalized spacial score (nSPS) is 16.9. The lowest BCUT2D eigenvalue weighted by Gasteiger charge is -2.10. The summed E-state index contributed by atoms with van der Waals surface area (Å²) in [7, 11) is 1.67. The monoisotopic (exact) mass is 247 g/mol. The highest BCUT2D eigenvalue weighted by molar-refractivity contribution is 5.84. The van der Waals surface area contributed by atoms with Crippen LogP contribution in [0.15, 0.2) is 29.3 Å². The van der Waals surface area contributed by atoms with E-state index in [2.05, 4.69) is 16.5 Å². The maximum Gasteiger partial charge on any atom is 0.119 e. The van der Waals surface area contributed by atoms with Crippen molar-refractivity contribution >= 4 is 5.84 Å². The summed E-state index contributed by atoms with van der Waals surface area (Å²) in [4.78, 5) is 4.68. The van der Waals surface area contributed by atoms with Crippen LogP contribution in [0, 0.1) is 0 Å². The molecule has 0 aliphatic heterocycles. The van der Waals surface area contributed by atoms with Crippen LogP contribution in [0.5, 0.6) is 5.75 Å². The minimum absolute atomic E-state index is 0.446. The number of rotatable bonds is 4. The fourth-order valence-corrected chi connectivity index (χ4v) is 2.36. The van der Waals surface area contributed by atoms with E-state index < -0.39 is 0 Å². The Labute approximate surface area is 108 Å². The number of ether oxygens (including phenoxy) is 1. The summed E-state index contributed by atoms with van der Waals surface area (Å²) in [6.45, 7) is 0. The molecule has 1 aliphatic carbocycles. The average Bonchev–Trinajstić information content (AvgIpc) is 2.91. The van der Waals surface area contributed by atoms with E-state index in [-0.39, 0.29) is 0 Å². The summed E-state index contributed by atoms with van der Waals surface area (Å²) in [5.74, 6) is 7.28. The summed E-state index contributed by atoms with van der Waals surface area (Å²) in [6.07, 6.45) is 5.66. The summed E-state index contributed by atoms with van der Waals surface area (Å²) >= 11 is 0. The molecular weight excluding hydrogens is 226 g/mol. The van der Waals surface area contributed by atoms with Crippen molar-refractivity contribution in [2.24, 2.45) is 10.8 Å². The van der Waals surface area contributed by atoms with Gasteiger partial charge in [0.2, 0.25) is 0 Å². The van der Waals surface area contributed by atoms with E-state index in [9.17, 15) is 0 Å². The summed E-state index contributed by atoms with van der Waals surface area (Å²) in [6, 6.07) is 8.44. The predicted molar refractivity (Wildman–Crippen MR) is 73.7 cm³/mol. The first-order chi connectivity index (χ1) is 8.81.